The SMILES string of the molecule is O=C(C1COc2ccccc2O1)N1CCN(c2ccc(S(=O)(=O)Nc3ccncn3)cc2)CC1. The summed E-state index contributed by atoms with van der Waals surface area (Å²) in [6, 6.07) is 15.4. The van der Waals surface area contributed by atoms with E-state index in [0.29, 0.717) is 37.7 Å². The van der Waals surface area contributed by atoms with E-state index >= 15 is 0 Å². The van der Waals surface area contributed by atoms with Crippen molar-refractivity contribution in [1.29, 1.82) is 0 Å². The first kappa shape index (κ1) is 22.0. The van der Waals surface area contributed by atoms with Crippen molar-refractivity contribution in [3.8, 4) is 11.5 Å². The van der Waals surface area contributed by atoms with Crippen LogP contribution in [0.3, 0.4) is 0 Å². The van der Waals surface area contributed by atoms with Crippen molar-refractivity contribution in [2.24, 2.45) is 0 Å². The van der Waals surface area contributed by atoms with Gasteiger partial charge in [-0.2, -0.15) is 0 Å². The number of carbonyl (C=O) groups is 1. The predicted molar refractivity (Wildman–Crippen MR) is 124 cm³/mol. The van der Waals surface area contributed by atoms with Crippen LogP contribution in [-0.2, 0) is 14.8 Å². The third-order valence-corrected chi connectivity index (χ3v) is 7.08. The number of piperazine rings is 1. The zero-order chi connectivity index (χ0) is 23.5. The molecule has 3 aromatic rings. The Balaban J connectivity index is 1.18. The minimum atomic E-state index is -3.75. The lowest BCUT2D eigenvalue weighted by atomic mass is 10.2. The number of sulfonamides is 1. The van der Waals surface area contributed by atoms with Crippen LogP contribution >= 0.6 is 0 Å². The molecule has 1 unspecified atom stereocenters. The van der Waals surface area contributed by atoms with E-state index in [1.807, 2.05) is 18.2 Å². The minimum Gasteiger partial charge on any atom is -0.485 e. The molecule has 1 atom stereocenters. The number of hydrogen-bond acceptors (Lipinski definition) is 8. The van der Waals surface area contributed by atoms with Gasteiger partial charge >= 0.3 is 0 Å². The van der Waals surface area contributed by atoms with Crippen molar-refractivity contribution in [2.75, 3.05) is 42.4 Å². The summed E-state index contributed by atoms with van der Waals surface area (Å²) in [5.41, 5.74) is 0.888. The highest BCUT2D eigenvalue weighted by atomic mass is 32.2. The molecule has 0 radical (unpaired) electrons. The summed E-state index contributed by atoms with van der Waals surface area (Å²) in [5, 5.41) is 0. The van der Waals surface area contributed by atoms with Crippen molar-refractivity contribution < 1.29 is 22.7 Å². The zero-order valence-corrected chi connectivity index (χ0v) is 19.0. The number of ether oxygens (including phenoxy) is 2. The van der Waals surface area contributed by atoms with Crippen LogP contribution < -0.4 is 19.1 Å². The first-order valence-corrected chi connectivity index (χ1v) is 12.3. The fourth-order valence-corrected chi connectivity index (χ4v) is 4.92. The average molecular weight is 482 g/mol. The van der Waals surface area contributed by atoms with E-state index < -0.39 is 16.1 Å². The maximum absolute atomic E-state index is 12.9. The number of carbonyl (C=O) groups excluding carboxylic acids is 1. The molecule has 0 saturated carbocycles. The summed E-state index contributed by atoms with van der Waals surface area (Å²) >= 11 is 0. The fourth-order valence-electron chi connectivity index (χ4n) is 3.91. The highest BCUT2D eigenvalue weighted by Gasteiger charge is 2.32. The van der Waals surface area contributed by atoms with Gasteiger partial charge in [-0.25, -0.2) is 18.4 Å². The lowest BCUT2D eigenvalue weighted by molar-refractivity contribution is -0.141. The normalized spacial score (nSPS) is 17.8. The molecule has 2 aliphatic rings. The van der Waals surface area contributed by atoms with Crippen LogP contribution in [0.2, 0.25) is 0 Å². The largest absolute Gasteiger partial charge is 0.485 e. The van der Waals surface area contributed by atoms with Gasteiger partial charge in [0.2, 0.25) is 6.10 Å². The number of nitrogens with one attached hydrogen (secondary N) is 1. The number of rotatable bonds is 5. The van der Waals surface area contributed by atoms with Gasteiger partial charge in [0.15, 0.2) is 11.5 Å². The Morgan fingerprint density at radius 3 is 2.41 bits per heavy atom. The van der Waals surface area contributed by atoms with Gasteiger partial charge in [-0.1, -0.05) is 12.1 Å². The van der Waals surface area contributed by atoms with E-state index in [2.05, 4.69) is 19.6 Å². The predicted octanol–water partition coefficient (Wildman–Crippen LogP) is 1.77. The van der Waals surface area contributed by atoms with Gasteiger partial charge in [0, 0.05) is 38.1 Å². The molecule has 2 aliphatic heterocycles. The first-order chi connectivity index (χ1) is 16.5. The average Bonchev–Trinajstić information content (AvgIpc) is 2.88. The molecule has 34 heavy (non-hydrogen) atoms. The van der Waals surface area contributed by atoms with Crippen molar-refractivity contribution >= 4 is 27.4 Å². The molecule has 0 bridgehead atoms. The van der Waals surface area contributed by atoms with Crippen molar-refractivity contribution in [3.63, 3.8) is 0 Å². The smallest absolute Gasteiger partial charge is 0.267 e. The molecule has 5 rings (SSSR count). The first-order valence-electron chi connectivity index (χ1n) is 10.8. The van der Waals surface area contributed by atoms with Crippen LogP contribution in [0.4, 0.5) is 11.5 Å². The number of aromatic nitrogens is 2. The van der Waals surface area contributed by atoms with Gasteiger partial charge in [-0.3, -0.25) is 9.52 Å². The van der Waals surface area contributed by atoms with E-state index in [0.717, 1.165) is 5.69 Å². The number of para-hydroxylation sites is 2. The lowest BCUT2D eigenvalue weighted by Gasteiger charge is -2.38. The molecule has 2 aromatic carbocycles. The van der Waals surface area contributed by atoms with Crippen molar-refractivity contribution in [3.05, 3.63) is 67.1 Å². The quantitative estimate of drug-likeness (QED) is 0.587. The van der Waals surface area contributed by atoms with Gasteiger partial charge in [0.1, 0.15) is 18.8 Å². The Hall–Kier alpha value is -3.86. The number of amides is 1. The van der Waals surface area contributed by atoms with Gasteiger partial charge in [-0.05, 0) is 42.5 Å². The maximum Gasteiger partial charge on any atom is 0.267 e. The Kier molecular flexibility index (Phi) is 5.93. The molecule has 1 aromatic heterocycles. The number of hydrogen-bond donors (Lipinski definition) is 1. The highest BCUT2D eigenvalue weighted by Crippen LogP contribution is 2.31. The number of anilines is 2. The molecule has 1 fully saturated rings. The monoisotopic (exact) mass is 481 g/mol. The summed E-state index contributed by atoms with van der Waals surface area (Å²) in [5.74, 6) is 1.34. The Morgan fingerprint density at radius 2 is 1.71 bits per heavy atom. The molecular weight excluding hydrogens is 458 g/mol. The molecule has 1 saturated heterocycles. The van der Waals surface area contributed by atoms with Gasteiger partial charge in [0.05, 0.1) is 4.90 Å². The van der Waals surface area contributed by atoms with E-state index in [1.165, 1.54) is 18.6 Å². The number of benzene rings is 2. The molecule has 176 valence electrons. The van der Waals surface area contributed by atoms with E-state index in [-0.39, 0.29) is 23.2 Å². The number of nitrogens with zero attached hydrogens (tertiary/aromatic N) is 4. The molecule has 1 amide bonds. The van der Waals surface area contributed by atoms with Gasteiger partial charge in [-0.15, -0.1) is 0 Å². The van der Waals surface area contributed by atoms with Crippen molar-refractivity contribution in [2.45, 2.75) is 11.0 Å². The molecular formula is C23H23N5O5S. The second-order valence-electron chi connectivity index (χ2n) is 7.87. The third-order valence-electron chi connectivity index (χ3n) is 5.71. The van der Waals surface area contributed by atoms with E-state index in [9.17, 15) is 13.2 Å². The Bertz CT molecular complexity index is 1260. The molecule has 11 heteroatoms. The van der Waals surface area contributed by atoms with Crippen LogP contribution in [0, 0.1) is 0 Å². The van der Waals surface area contributed by atoms with Crippen molar-refractivity contribution in [1.82, 2.24) is 14.9 Å². The summed E-state index contributed by atoms with van der Waals surface area (Å²) < 4.78 is 39.1. The minimum absolute atomic E-state index is 0.0913. The van der Waals surface area contributed by atoms with Gasteiger partial charge in [0.25, 0.3) is 15.9 Å². The van der Waals surface area contributed by atoms with Crippen LogP contribution in [-0.4, -0.2) is 68.1 Å². The zero-order valence-electron chi connectivity index (χ0n) is 18.2. The standard InChI is InChI=1S/C23H23N5O5S/c29-23(21-15-32-19-3-1-2-4-20(19)33-21)28-13-11-27(12-14-28)17-5-7-18(8-6-17)34(30,31)26-22-9-10-24-16-25-22/h1-10,16,21H,11-15H2,(H,24,25,26). The van der Waals surface area contributed by atoms with Crippen LogP contribution in [0.15, 0.2) is 72.0 Å². The van der Waals surface area contributed by atoms with Crippen LogP contribution in [0.5, 0.6) is 11.5 Å². The lowest BCUT2D eigenvalue weighted by Crippen LogP contribution is -2.54. The molecule has 1 N–H and O–H groups in total. The molecule has 0 aliphatic carbocycles. The molecule has 0 spiro atoms. The van der Waals surface area contributed by atoms with Crippen LogP contribution in [0.25, 0.3) is 0 Å². The second-order valence-corrected chi connectivity index (χ2v) is 9.55. The summed E-state index contributed by atoms with van der Waals surface area (Å²) in [6.45, 7) is 2.52. The van der Waals surface area contributed by atoms with Gasteiger partial charge < -0.3 is 19.3 Å². The summed E-state index contributed by atoms with van der Waals surface area (Å²) in [6.07, 6.45) is 2.08. The third kappa shape index (κ3) is 4.60. The molecule has 10 nitrogen and oxygen atoms in total. The fraction of sp³-hybridized carbons (Fsp3) is 0.261. The topological polar surface area (TPSA) is 114 Å². The maximum atomic E-state index is 12.9. The Labute approximate surface area is 197 Å². The van der Waals surface area contributed by atoms with E-state index in [1.54, 1.807) is 35.2 Å². The highest BCUT2D eigenvalue weighted by molar-refractivity contribution is 7.92. The summed E-state index contributed by atoms with van der Waals surface area (Å²) in [4.78, 5) is 24.6. The second kappa shape index (κ2) is 9.18. The summed E-state index contributed by atoms with van der Waals surface area (Å²) in [7, 11) is -3.75. The van der Waals surface area contributed by atoms with Crippen LogP contribution in [0.1, 0.15) is 0 Å². The Morgan fingerprint density at radius 1 is 0.971 bits per heavy atom. The number of fused-ring (bicyclic) bond motifs is 1. The van der Waals surface area contributed by atoms with E-state index in [4.69, 9.17) is 9.47 Å². The molecule has 3 heterocycles.